The summed E-state index contributed by atoms with van der Waals surface area (Å²) in [6.07, 6.45) is 13.4. The lowest BCUT2D eigenvalue weighted by Gasteiger charge is -2.41. The minimum atomic E-state index is -0.257. The van der Waals surface area contributed by atoms with Crippen LogP contribution in [0.2, 0.25) is 0 Å². The third-order valence-corrected chi connectivity index (χ3v) is 5.06. The first kappa shape index (κ1) is 22.7. The lowest BCUT2D eigenvalue weighted by atomic mass is 9.65. The van der Waals surface area contributed by atoms with Crippen LogP contribution in [-0.2, 0) is 9.53 Å². The van der Waals surface area contributed by atoms with E-state index in [2.05, 4.69) is 18.2 Å². The molecule has 2 saturated carbocycles. The Labute approximate surface area is 150 Å². The van der Waals surface area contributed by atoms with Gasteiger partial charge in [0.2, 0.25) is 0 Å². The van der Waals surface area contributed by atoms with Crippen molar-refractivity contribution in [2.75, 3.05) is 0 Å². The molecule has 2 fully saturated rings. The molecule has 0 aromatic rings. The maximum atomic E-state index is 10.5. The minimum absolute atomic E-state index is 0.257. The summed E-state index contributed by atoms with van der Waals surface area (Å²) in [5.74, 6) is 2.62. The Morgan fingerprint density at radius 3 is 2.25 bits per heavy atom. The first-order valence-corrected chi connectivity index (χ1v) is 9.85. The van der Waals surface area contributed by atoms with Crippen molar-refractivity contribution in [3.05, 3.63) is 36.1 Å². The van der Waals surface area contributed by atoms with Crippen molar-refractivity contribution in [1.29, 1.82) is 0 Å². The monoisotopic (exact) mass is 334 g/mol. The molecule has 0 saturated heterocycles. The van der Waals surface area contributed by atoms with Crippen molar-refractivity contribution >= 4 is 5.97 Å². The first-order chi connectivity index (χ1) is 11.6. The Morgan fingerprint density at radius 2 is 1.75 bits per heavy atom. The summed E-state index contributed by atoms with van der Waals surface area (Å²) in [6.45, 7) is 16.4. The fourth-order valence-electron chi connectivity index (χ4n) is 3.67. The summed E-state index contributed by atoms with van der Waals surface area (Å²) in [5, 5.41) is 0. The molecule has 138 valence electrons. The molecule has 0 radical (unpaired) electrons. The van der Waals surface area contributed by atoms with Crippen LogP contribution in [-0.4, -0.2) is 5.97 Å². The number of allylic oxidation sites excluding steroid dienone is 2. The highest BCUT2D eigenvalue weighted by molar-refractivity contribution is 5.93. The molecule has 3 aliphatic rings. The van der Waals surface area contributed by atoms with Crippen molar-refractivity contribution in [2.24, 2.45) is 17.8 Å². The zero-order valence-electron chi connectivity index (χ0n) is 16.7. The zero-order chi connectivity index (χ0) is 18.5. The zero-order valence-corrected chi connectivity index (χ0v) is 16.7. The molecule has 2 nitrogen and oxygen atoms in total. The fraction of sp³-hybridized carbons (Fsp3) is 0.682. The standard InChI is InChI=1S/C12H20.C6H6O2.2C2H6/c1-9-7-8-11-5-3-4-6-12(11)10(9)2;1-2-5-3-4-8-6(5)7;2*1-2/h10-12H,1,3-8H2,2H3;2-4H,1H3;2*1-2H3/b;5-2+;;. The Balaban J connectivity index is 0.000000385. The Kier molecular flexibility index (Phi) is 12.3. The van der Waals surface area contributed by atoms with Gasteiger partial charge >= 0.3 is 5.97 Å². The molecule has 0 aromatic carbocycles. The fourth-order valence-corrected chi connectivity index (χ4v) is 3.67. The SMILES string of the molecule is C/C=C1\C=COC1=O.C=C1CCC2CCCCC2C1C.CC.CC. The van der Waals surface area contributed by atoms with Crippen LogP contribution in [0.4, 0.5) is 0 Å². The van der Waals surface area contributed by atoms with E-state index >= 15 is 0 Å². The normalized spacial score (nSPS) is 29.1. The maximum Gasteiger partial charge on any atom is 0.342 e. The highest BCUT2D eigenvalue weighted by Gasteiger charge is 2.33. The van der Waals surface area contributed by atoms with Gasteiger partial charge in [0, 0.05) is 0 Å². The van der Waals surface area contributed by atoms with Crippen molar-refractivity contribution in [1.82, 2.24) is 0 Å². The molecular weight excluding hydrogens is 296 g/mol. The van der Waals surface area contributed by atoms with Gasteiger partial charge in [0.15, 0.2) is 0 Å². The molecule has 3 unspecified atom stereocenters. The number of carbonyl (C=O) groups excluding carboxylic acids is 1. The van der Waals surface area contributed by atoms with Gasteiger partial charge in [0.25, 0.3) is 0 Å². The van der Waals surface area contributed by atoms with Crippen LogP contribution in [0.25, 0.3) is 0 Å². The molecule has 0 aromatic heterocycles. The molecule has 0 spiro atoms. The van der Waals surface area contributed by atoms with Crippen LogP contribution in [0.3, 0.4) is 0 Å². The summed E-state index contributed by atoms with van der Waals surface area (Å²) in [6, 6.07) is 0. The molecule has 1 heterocycles. The predicted molar refractivity (Wildman–Crippen MR) is 105 cm³/mol. The molecule has 2 aliphatic carbocycles. The number of fused-ring (bicyclic) bond motifs is 1. The van der Waals surface area contributed by atoms with Crippen LogP contribution in [0.15, 0.2) is 36.1 Å². The van der Waals surface area contributed by atoms with E-state index in [1.54, 1.807) is 19.1 Å². The van der Waals surface area contributed by atoms with E-state index in [0.717, 1.165) is 17.8 Å². The van der Waals surface area contributed by atoms with Crippen molar-refractivity contribution in [2.45, 2.75) is 80.1 Å². The smallest absolute Gasteiger partial charge is 0.342 e. The Hall–Kier alpha value is -1.31. The second-order valence-corrected chi connectivity index (χ2v) is 6.15. The number of rotatable bonds is 0. The topological polar surface area (TPSA) is 26.3 Å². The van der Waals surface area contributed by atoms with Gasteiger partial charge in [0.1, 0.15) is 0 Å². The third kappa shape index (κ3) is 6.67. The molecule has 1 aliphatic heterocycles. The molecule has 0 bridgehead atoms. The summed E-state index contributed by atoms with van der Waals surface area (Å²) in [5.41, 5.74) is 2.16. The van der Waals surface area contributed by atoms with Gasteiger partial charge in [-0.3, -0.25) is 0 Å². The molecular formula is C22H38O2. The molecule has 0 amide bonds. The van der Waals surface area contributed by atoms with E-state index in [9.17, 15) is 4.79 Å². The Bertz CT molecular complexity index is 431. The van der Waals surface area contributed by atoms with Gasteiger partial charge in [-0.05, 0) is 50.0 Å². The number of cyclic esters (lactones) is 1. The molecule has 3 rings (SSSR count). The van der Waals surface area contributed by atoms with Gasteiger partial charge in [-0.1, -0.05) is 72.1 Å². The average Bonchev–Trinajstić information content (AvgIpc) is 3.07. The first-order valence-electron chi connectivity index (χ1n) is 9.85. The summed E-state index contributed by atoms with van der Waals surface area (Å²) in [7, 11) is 0. The summed E-state index contributed by atoms with van der Waals surface area (Å²) >= 11 is 0. The highest BCUT2D eigenvalue weighted by Crippen LogP contribution is 2.45. The second-order valence-electron chi connectivity index (χ2n) is 6.15. The van der Waals surface area contributed by atoms with E-state index in [0.29, 0.717) is 5.57 Å². The quantitative estimate of drug-likeness (QED) is 0.275. The third-order valence-electron chi connectivity index (χ3n) is 5.06. The number of ether oxygens (including phenoxy) is 1. The van der Waals surface area contributed by atoms with Gasteiger partial charge in [-0.2, -0.15) is 0 Å². The van der Waals surface area contributed by atoms with E-state index < -0.39 is 0 Å². The summed E-state index contributed by atoms with van der Waals surface area (Å²) in [4.78, 5) is 10.5. The van der Waals surface area contributed by atoms with E-state index in [1.165, 1.54) is 50.4 Å². The number of esters is 1. The average molecular weight is 335 g/mol. The van der Waals surface area contributed by atoms with Crippen molar-refractivity contribution in [3.8, 4) is 0 Å². The summed E-state index contributed by atoms with van der Waals surface area (Å²) < 4.78 is 4.47. The number of hydrogen-bond acceptors (Lipinski definition) is 2. The second kappa shape index (κ2) is 13.0. The maximum absolute atomic E-state index is 10.5. The predicted octanol–water partition coefficient (Wildman–Crippen LogP) is 6.83. The highest BCUT2D eigenvalue weighted by atomic mass is 16.5. The lowest BCUT2D eigenvalue weighted by Crippen LogP contribution is -2.30. The molecule has 24 heavy (non-hydrogen) atoms. The number of hydrogen-bond donors (Lipinski definition) is 0. The van der Waals surface area contributed by atoms with Crippen LogP contribution >= 0.6 is 0 Å². The molecule has 2 heteroatoms. The van der Waals surface area contributed by atoms with Crippen LogP contribution in [0, 0.1) is 17.8 Å². The molecule has 3 atom stereocenters. The van der Waals surface area contributed by atoms with Crippen LogP contribution in [0.1, 0.15) is 80.1 Å². The number of carbonyl (C=O) groups is 1. The van der Waals surface area contributed by atoms with E-state index in [4.69, 9.17) is 0 Å². The Morgan fingerprint density at radius 1 is 1.12 bits per heavy atom. The minimum Gasteiger partial charge on any atom is -0.431 e. The molecule has 0 N–H and O–H groups in total. The van der Waals surface area contributed by atoms with Gasteiger partial charge < -0.3 is 4.74 Å². The van der Waals surface area contributed by atoms with E-state index in [-0.39, 0.29) is 5.97 Å². The van der Waals surface area contributed by atoms with Crippen molar-refractivity contribution in [3.63, 3.8) is 0 Å². The van der Waals surface area contributed by atoms with Crippen LogP contribution in [0.5, 0.6) is 0 Å². The van der Waals surface area contributed by atoms with Gasteiger partial charge in [0.05, 0.1) is 11.8 Å². The van der Waals surface area contributed by atoms with E-state index in [1.807, 2.05) is 27.7 Å². The van der Waals surface area contributed by atoms with Crippen LogP contribution < -0.4 is 0 Å². The van der Waals surface area contributed by atoms with Gasteiger partial charge in [-0.25, -0.2) is 4.79 Å². The lowest BCUT2D eigenvalue weighted by molar-refractivity contribution is -0.132. The van der Waals surface area contributed by atoms with Gasteiger partial charge in [-0.15, -0.1) is 0 Å². The largest absolute Gasteiger partial charge is 0.431 e. The van der Waals surface area contributed by atoms with Crippen molar-refractivity contribution < 1.29 is 9.53 Å².